The molecule has 0 amide bonds. The van der Waals surface area contributed by atoms with Crippen LogP contribution in [0.15, 0.2) is 73.6 Å². The maximum atomic E-state index is 12.3. The molecule has 0 aliphatic rings. The lowest BCUT2D eigenvalue weighted by Gasteiger charge is -2.09. The van der Waals surface area contributed by atoms with Crippen LogP contribution >= 0.6 is 0 Å². The fourth-order valence-electron chi connectivity index (χ4n) is 2.87. The third kappa shape index (κ3) is 5.24. The zero-order chi connectivity index (χ0) is 24.2. The highest BCUT2D eigenvalue weighted by Gasteiger charge is 2.20. The summed E-state index contributed by atoms with van der Waals surface area (Å²) in [4.78, 5) is 8.50. The van der Waals surface area contributed by atoms with E-state index in [9.17, 15) is 13.5 Å². The Hall–Kier alpha value is -3.63. The van der Waals surface area contributed by atoms with Gasteiger partial charge < -0.3 is 15.3 Å². The normalized spacial score (nSPS) is 13.2. The summed E-state index contributed by atoms with van der Waals surface area (Å²) in [5, 5.41) is 16.8. The number of rotatable bonds is 8. The predicted octanol–water partition coefficient (Wildman–Crippen LogP) is 3.21. The summed E-state index contributed by atoms with van der Waals surface area (Å²) >= 11 is 0. The molecule has 0 radical (unpaired) electrons. The lowest BCUT2D eigenvalue weighted by Crippen LogP contribution is -2.14. The van der Waals surface area contributed by atoms with Gasteiger partial charge in [0.25, 0.3) is 5.89 Å². The van der Waals surface area contributed by atoms with Gasteiger partial charge in [0.05, 0.1) is 16.8 Å². The van der Waals surface area contributed by atoms with Gasteiger partial charge in [-0.15, -0.1) is 10.2 Å². The van der Waals surface area contributed by atoms with Crippen LogP contribution in [0.1, 0.15) is 37.8 Å². The molecule has 1 aromatic heterocycles. The van der Waals surface area contributed by atoms with Crippen molar-refractivity contribution in [3.63, 3.8) is 0 Å². The number of sulfone groups is 1. The Kier molecular flexibility index (Phi) is 7.19. The molecule has 0 unspecified atom stereocenters. The molecule has 0 aliphatic heterocycles. The van der Waals surface area contributed by atoms with Gasteiger partial charge in [-0.05, 0) is 62.9 Å². The average molecular weight is 468 g/mol. The number of hydrogen-bond acceptors (Lipinski definition) is 9. The molecule has 1 heterocycles. The molecule has 10 heteroatoms. The number of aromatic nitrogens is 2. The van der Waals surface area contributed by atoms with Crippen LogP contribution in [0.2, 0.25) is 0 Å². The Morgan fingerprint density at radius 1 is 1.12 bits per heavy atom. The highest BCUT2D eigenvalue weighted by atomic mass is 32.2. The highest BCUT2D eigenvalue weighted by molar-refractivity contribution is 7.92. The maximum Gasteiger partial charge on any atom is 0.270 e. The average Bonchev–Trinajstić information content (AvgIpc) is 3.31. The standard InChI is InChI=1S/C23H25N5O4S/c1-14(2)33(30,31)19-11-9-17(10-12-19)15(3)26-20(21(24)25-4)23-28-27-22(32-23)18-7-5-16(13-29)6-8-18/h5-12,14,29H,4,13,24H2,1-3H3/b21-20-,26-15+. The first-order valence-electron chi connectivity index (χ1n) is 10.1. The van der Waals surface area contributed by atoms with Crippen molar-refractivity contribution in [2.75, 3.05) is 0 Å². The van der Waals surface area contributed by atoms with Crippen molar-refractivity contribution in [3.8, 4) is 11.5 Å². The van der Waals surface area contributed by atoms with E-state index < -0.39 is 15.1 Å². The molecule has 3 N–H and O–H groups in total. The molecule has 9 nitrogen and oxygen atoms in total. The molecule has 3 rings (SSSR count). The van der Waals surface area contributed by atoms with Gasteiger partial charge in [-0.1, -0.05) is 24.3 Å². The minimum absolute atomic E-state index is 0.000755. The molecule has 0 aliphatic carbocycles. The van der Waals surface area contributed by atoms with Crippen molar-refractivity contribution in [1.29, 1.82) is 0 Å². The lowest BCUT2D eigenvalue weighted by molar-refractivity contribution is 0.282. The van der Waals surface area contributed by atoms with Gasteiger partial charge in [-0.25, -0.2) is 18.4 Å². The summed E-state index contributed by atoms with van der Waals surface area (Å²) in [6.45, 7) is 8.39. The second-order valence-corrected chi connectivity index (χ2v) is 9.98. The van der Waals surface area contributed by atoms with Crippen molar-refractivity contribution >= 4 is 28.0 Å². The van der Waals surface area contributed by atoms with Crippen molar-refractivity contribution in [2.45, 2.75) is 37.5 Å². The van der Waals surface area contributed by atoms with Gasteiger partial charge in [0.1, 0.15) is 0 Å². The number of aliphatic hydroxyl groups excluding tert-OH is 1. The first-order valence-corrected chi connectivity index (χ1v) is 11.6. The Morgan fingerprint density at radius 2 is 1.76 bits per heavy atom. The van der Waals surface area contributed by atoms with Crippen LogP contribution in [0.5, 0.6) is 0 Å². The van der Waals surface area contributed by atoms with E-state index in [-0.39, 0.29) is 34.8 Å². The number of benzene rings is 2. The number of nitrogens with two attached hydrogens (primary N) is 1. The van der Waals surface area contributed by atoms with E-state index in [2.05, 4.69) is 26.9 Å². The van der Waals surface area contributed by atoms with Gasteiger partial charge in [0, 0.05) is 11.3 Å². The second-order valence-electron chi connectivity index (χ2n) is 7.47. The fraction of sp³-hybridized carbons (Fsp3) is 0.217. The van der Waals surface area contributed by atoms with E-state index in [1.54, 1.807) is 69.3 Å². The molecule has 0 atom stereocenters. The SMILES string of the molecule is C=N/C(N)=C(\N=C(/C)c1ccc(S(=O)(=O)C(C)C)cc1)c1nnc(-c2ccc(CO)cc2)o1. The number of hydrogen-bond donors (Lipinski definition) is 2. The van der Waals surface area contributed by atoms with Crippen LogP contribution in [-0.4, -0.2) is 41.4 Å². The molecule has 33 heavy (non-hydrogen) atoms. The molecule has 0 saturated carbocycles. The van der Waals surface area contributed by atoms with Gasteiger partial charge in [0.15, 0.2) is 21.4 Å². The fourth-order valence-corrected chi connectivity index (χ4v) is 3.93. The third-order valence-electron chi connectivity index (χ3n) is 4.92. The maximum absolute atomic E-state index is 12.3. The Labute approximate surface area is 192 Å². The summed E-state index contributed by atoms with van der Waals surface area (Å²) < 4.78 is 30.4. The molecular formula is C23H25N5O4S. The van der Waals surface area contributed by atoms with Crippen LogP contribution in [0.25, 0.3) is 17.2 Å². The Balaban J connectivity index is 1.95. The number of nitrogens with zero attached hydrogens (tertiary/aromatic N) is 4. The summed E-state index contributed by atoms with van der Waals surface area (Å²) in [6.07, 6.45) is 0. The summed E-state index contributed by atoms with van der Waals surface area (Å²) in [5.74, 6) is 0.304. The predicted molar refractivity (Wildman–Crippen MR) is 127 cm³/mol. The van der Waals surface area contributed by atoms with E-state index in [0.29, 0.717) is 16.8 Å². The molecule has 2 aromatic carbocycles. The number of aliphatic imine (C=N–C) groups is 2. The molecule has 172 valence electrons. The van der Waals surface area contributed by atoms with Crippen molar-refractivity contribution in [3.05, 3.63) is 71.4 Å². The smallest absolute Gasteiger partial charge is 0.270 e. The molecule has 0 bridgehead atoms. The molecular weight excluding hydrogens is 442 g/mol. The first-order chi connectivity index (χ1) is 15.7. The van der Waals surface area contributed by atoms with Gasteiger partial charge in [-0.3, -0.25) is 0 Å². The Bertz CT molecular complexity index is 1310. The van der Waals surface area contributed by atoms with Crippen molar-refractivity contribution < 1.29 is 17.9 Å². The second kappa shape index (κ2) is 9.88. The monoisotopic (exact) mass is 467 g/mol. The largest absolute Gasteiger partial charge is 0.414 e. The van der Waals surface area contributed by atoms with Crippen LogP contribution in [0, 0.1) is 0 Å². The third-order valence-corrected chi connectivity index (χ3v) is 7.10. The van der Waals surface area contributed by atoms with Crippen LogP contribution in [0.3, 0.4) is 0 Å². The zero-order valence-electron chi connectivity index (χ0n) is 18.6. The topological polar surface area (TPSA) is 144 Å². The summed E-state index contributed by atoms with van der Waals surface area (Å²) in [6, 6.07) is 13.4. The molecule has 0 fully saturated rings. The van der Waals surface area contributed by atoms with E-state index in [1.807, 2.05) is 0 Å². The van der Waals surface area contributed by atoms with E-state index in [4.69, 9.17) is 10.2 Å². The lowest BCUT2D eigenvalue weighted by atomic mass is 10.1. The molecule has 0 saturated heterocycles. The van der Waals surface area contributed by atoms with Crippen LogP contribution in [-0.2, 0) is 16.4 Å². The van der Waals surface area contributed by atoms with Gasteiger partial charge in [-0.2, -0.15) is 0 Å². The van der Waals surface area contributed by atoms with E-state index in [1.165, 1.54) is 0 Å². The quantitative estimate of drug-likeness (QED) is 0.484. The molecule has 0 spiro atoms. The van der Waals surface area contributed by atoms with Gasteiger partial charge >= 0.3 is 0 Å². The van der Waals surface area contributed by atoms with Crippen molar-refractivity contribution in [1.82, 2.24) is 10.2 Å². The van der Waals surface area contributed by atoms with Gasteiger partial charge in [0.2, 0.25) is 5.89 Å². The van der Waals surface area contributed by atoms with E-state index in [0.717, 1.165) is 5.56 Å². The minimum Gasteiger partial charge on any atom is -0.414 e. The Morgan fingerprint density at radius 3 is 2.30 bits per heavy atom. The number of aliphatic hydroxyl groups is 1. The summed E-state index contributed by atoms with van der Waals surface area (Å²) in [7, 11) is -3.37. The zero-order valence-corrected chi connectivity index (χ0v) is 19.4. The minimum atomic E-state index is -3.37. The van der Waals surface area contributed by atoms with Crippen molar-refractivity contribution in [2.24, 2.45) is 15.7 Å². The van der Waals surface area contributed by atoms with Crippen LogP contribution < -0.4 is 5.73 Å². The van der Waals surface area contributed by atoms with Crippen LogP contribution in [0.4, 0.5) is 0 Å². The molecule has 3 aromatic rings. The highest BCUT2D eigenvalue weighted by Crippen LogP contribution is 2.25. The first kappa shape index (κ1) is 24.0. The summed E-state index contributed by atoms with van der Waals surface area (Å²) in [5.41, 5.74) is 8.78. The van der Waals surface area contributed by atoms with E-state index >= 15 is 0 Å².